The fourth-order valence-corrected chi connectivity index (χ4v) is 2.85. The maximum absolute atomic E-state index is 13.1. The molecule has 8 nitrogen and oxygen atoms in total. The van der Waals surface area contributed by atoms with Crippen molar-refractivity contribution in [2.24, 2.45) is 0 Å². The summed E-state index contributed by atoms with van der Waals surface area (Å²) in [5.41, 5.74) is -7.79. The molecule has 0 heterocycles. The number of carbonyl (C=O) groups is 3. The van der Waals surface area contributed by atoms with E-state index in [1.807, 2.05) is 10.6 Å². The lowest BCUT2D eigenvalue weighted by Gasteiger charge is -2.22. The van der Waals surface area contributed by atoms with Crippen LogP contribution in [0.3, 0.4) is 0 Å². The number of benzene rings is 2. The predicted molar refractivity (Wildman–Crippen MR) is 110 cm³/mol. The zero-order valence-electron chi connectivity index (χ0n) is 18.0. The number of hydrogen-bond acceptors (Lipinski definition) is 6. The van der Waals surface area contributed by atoms with Crippen LogP contribution in [0.1, 0.15) is 35.6 Å². The summed E-state index contributed by atoms with van der Waals surface area (Å²) in [7, 11) is 0. The number of nitriles is 2. The van der Waals surface area contributed by atoms with Crippen molar-refractivity contribution in [3.05, 3.63) is 58.7 Å². The number of nitrogens with zero attached hydrogens (tertiary/aromatic N) is 2. The van der Waals surface area contributed by atoms with Crippen molar-refractivity contribution in [3.63, 3.8) is 0 Å². The number of ketones is 1. The lowest BCUT2D eigenvalue weighted by Crippen LogP contribution is -2.43. The monoisotopic (exact) mass is 512 g/mol. The number of rotatable bonds is 6. The zero-order chi connectivity index (χ0) is 27.5. The highest BCUT2D eigenvalue weighted by molar-refractivity contribution is 6.41. The van der Waals surface area contributed by atoms with Crippen molar-refractivity contribution >= 4 is 29.0 Å². The Morgan fingerprint density at radius 2 is 1.25 bits per heavy atom. The van der Waals surface area contributed by atoms with Crippen molar-refractivity contribution in [2.45, 2.75) is 31.3 Å². The summed E-state index contributed by atoms with van der Waals surface area (Å²) in [6.45, 7) is 0.783. The molecule has 0 aliphatic heterocycles. The lowest BCUT2D eigenvalue weighted by atomic mass is 9.97. The summed E-state index contributed by atoms with van der Waals surface area (Å²) in [5, 5.41) is 31.7. The highest BCUT2D eigenvalue weighted by Gasteiger charge is 2.38. The summed E-state index contributed by atoms with van der Waals surface area (Å²) in [5.74, 6) is -4.32. The second kappa shape index (κ2) is 10.1. The maximum atomic E-state index is 13.1. The third-order valence-electron chi connectivity index (χ3n) is 4.65. The van der Waals surface area contributed by atoms with Gasteiger partial charge in [-0.05, 0) is 43.3 Å². The largest absolute Gasteiger partial charge is 0.417 e. The Morgan fingerprint density at radius 1 is 0.833 bits per heavy atom. The molecule has 36 heavy (non-hydrogen) atoms. The van der Waals surface area contributed by atoms with Gasteiger partial charge in [0.05, 0.1) is 40.8 Å². The minimum absolute atomic E-state index is 0.414. The van der Waals surface area contributed by atoms with Crippen molar-refractivity contribution in [1.29, 1.82) is 10.5 Å². The highest BCUT2D eigenvalue weighted by Crippen LogP contribution is 2.34. The van der Waals surface area contributed by atoms with Gasteiger partial charge < -0.3 is 15.7 Å². The van der Waals surface area contributed by atoms with E-state index in [-0.39, 0.29) is 0 Å². The molecule has 0 aliphatic carbocycles. The third kappa shape index (κ3) is 6.58. The first-order chi connectivity index (χ1) is 16.5. The van der Waals surface area contributed by atoms with E-state index in [1.165, 1.54) is 12.1 Å². The van der Waals surface area contributed by atoms with Gasteiger partial charge in [0.2, 0.25) is 5.78 Å². The molecular weight excluding hydrogens is 498 g/mol. The molecule has 2 aromatic rings. The molecule has 2 aromatic carbocycles. The summed E-state index contributed by atoms with van der Waals surface area (Å²) >= 11 is 0. The molecule has 0 radical (unpaired) electrons. The Kier molecular flexibility index (Phi) is 7.76. The highest BCUT2D eigenvalue weighted by atomic mass is 19.4. The van der Waals surface area contributed by atoms with E-state index >= 15 is 0 Å². The van der Waals surface area contributed by atoms with Crippen LogP contribution in [0.25, 0.3) is 0 Å². The van der Waals surface area contributed by atoms with E-state index < -0.39 is 75.6 Å². The molecule has 0 saturated heterocycles. The molecule has 2 amide bonds. The molecule has 2 rings (SSSR count). The quantitative estimate of drug-likeness (QED) is 0.397. The van der Waals surface area contributed by atoms with Crippen molar-refractivity contribution in [3.8, 4) is 12.1 Å². The number of hydrogen-bond donors (Lipinski definition) is 3. The number of Topliss-reactive ketones (excluding diaryl/α,β-unsaturated/α-hetero) is 1. The molecule has 1 atom stereocenters. The standard InChI is InChI=1S/C22H14F6N4O4/c1-20(36,19(35)32-14-5-3-12(10-30)16(7-14)22(26,27)28)8-17(33)18(34)31-13-4-2-11(9-29)15(6-13)21(23,24)25/h2-7,36H,8H2,1H3,(H,31,34)(H,32,35). The van der Waals surface area contributed by atoms with Gasteiger partial charge in [-0.3, -0.25) is 14.4 Å². The number of alkyl halides is 6. The molecule has 0 aliphatic rings. The fraction of sp³-hybridized carbons (Fsp3) is 0.227. The van der Waals surface area contributed by atoms with Gasteiger partial charge in [0.1, 0.15) is 5.60 Å². The molecule has 0 bridgehead atoms. The number of nitrogens with one attached hydrogen (secondary N) is 2. The normalized spacial score (nSPS) is 13.1. The van der Waals surface area contributed by atoms with E-state index in [2.05, 4.69) is 0 Å². The lowest BCUT2D eigenvalue weighted by molar-refractivity contribution is -0.143. The van der Waals surface area contributed by atoms with Crippen LogP contribution in [0.15, 0.2) is 36.4 Å². The molecule has 3 N–H and O–H groups in total. The minimum atomic E-state index is -4.94. The topological polar surface area (TPSA) is 143 Å². The van der Waals surface area contributed by atoms with Gasteiger partial charge in [0, 0.05) is 11.4 Å². The van der Waals surface area contributed by atoms with Gasteiger partial charge in [0.25, 0.3) is 11.8 Å². The molecular formula is C22H14F6N4O4. The number of halogens is 6. The van der Waals surface area contributed by atoms with E-state index in [0.29, 0.717) is 12.1 Å². The molecule has 0 aromatic heterocycles. The van der Waals surface area contributed by atoms with Gasteiger partial charge in [-0.15, -0.1) is 0 Å². The van der Waals surface area contributed by atoms with Crippen LogP contribution in [0, 0.1) is 22.7 Å². The Labute approximate surface area is 198 Å². The Bertz CT molecular complexity index is 1300. The van der Waals surface area contributed by atoms with Crippen molar-refractivity contribution < 1.29 is 45.8 Å². The fourth-order valence-electron chi connectivity index (χ4n) is 2.85. The molecule has 188 valence electrons. The maximum Gasteiger partial charge on any atom is 0.417 e. The van der Waals surface area contributed by atoms with Crippen LogP contribution in [0.2, 0.25) is 0 Å². The third-order valence-corrected chi connectivity index (χ3v) is 4.65. The van der Waals surface area contributed by atoms with Gasteiger partial charge >= 0.3 is 12.4 Å². The van der Waals surface area contributed by atoms with E-state index in [1.54, 1.807) is 0 Å². The van der Waals surface area contributed by atoms with E-state index in [9.17, 15) is 45.8 Å². The first-order valence-corrected chi connectivity index (χ1v) is 9.60. The van der Waals surface area contributed by atoms with Crippen LogP contribution >= 0.6 is 0 Å². The molecule has 0 saturated carbocycles. The van der Waals surface area contributed by atoms with Gasteiger partial charge in [-0.2, -0.15) is 36.9 Å². The zero-order valence-corrected chi connectivity index (χ0v) is 18.0. The Hall–Kier alpha value is -4.43. The van der Waals surface area contributed by atoms with E-state index in [4.69, 9.17) is 10.5 Å². The Morgan fingerprint density at radius 3 is 1.64 bits per heavy atom. The van der Waals surface area contributed by atoms with Gasteiger partial charge in [0.15, 0.2) is 0 Å². The average Bonchev–Trinajstić information content (AvgIpc) is 2.77. The SMILES string of the molecule is CC(O)(CC(=O)C(=O)Nc1ccc(C#N)c(C(F)(F)F)c1)C(=O)Nc1ccc(C#N)c(C(F)(F)F)c1. The second-order valence-corrected chi connectivity index (χ2v) is 7.52. The van der Waals surface area contributed by atoms with E-state index in [0.717, 1.165) is 31.2 Å². The number of aliphatic hydroxyl groups is 1. The summed E-state index contributed by atoms with van der Waals surface area (Å²) in [6.07, 6.45) is -11.1. The van der Waals surface area contributed by atoms with Crippen molar-refractivity contribution in [1.82, 2.24) is 0 Å². The first-order valence-electron chi connectivity index (χ1n) is 9.60. The second-order valence-electron chi connectivity index (χ2n) is 7.52. The van der Waals surface area contributed by atoms with Crippen LogP contribution in [-0.2, 0) is 26.7 Å². The Balaban J connectivity index is 2.15. The molecule has 0 spiro atoms. The average molecular weight is 512 g/mol. The van der Waals surface area contributed by atoms with Crippen LogP contribution in [-0.4, -0.2) is 28.3 Å². The van der Waals surface area contributed by atoms with Crippen LogP contribution in [0.5, 0.6) is 0 Å². The van der Waals surface area contributed by atoms with Gasteiger partial charge in [-0.25, -0.2) is 0 Å². The summed E-state index contributed by atoms with van der Waals surface area (Å²) in [6, 6.07) is 6.93. The first kappa shape index (κ1) is 27.8. The number of anilines is 2. The molecule has 1 unspecified atom stereocenters. The molecule has 0 fully saturated rings. The van der Waals surface area contributed by atoms with Crippen LogP contribution in [0.4, 0.5) is 37.7 Å². The number of carbonyl (C=O) groups excluding carboxylic acids is 3. The smallest absolute Gasteiger partial charge is 0.380 e. The minimum Gasteiger partial charge on any atom is -0.380 e. The molecule has 14 heteroatoms. The number of amides is 2. The summed E-state index contributed by atoms with van der Waals surface area (Å²) in [4.78, 5) is 36.6. The van der Waals surface area contributed by atoms with Gasteiger partial charge in [-0.1, -0.05) is 0 Å². The van der Waals surface area contributed by atoms with Crippen molar-refractivity contribution in [2.75, 3.05) is 10.6 Å². The summed E-state index contributed by atoms with van der Waals surface area (Å²) < 4.78 is 78.4. The van der Waals surface area contributed by atoms with Crippen LogP contribution < -0.4 is 10.6 Å². The predicted octanol–water partition coefficient (Wildman–Crippen LogP) is 3.75.